The highest BCUT2D eigenvalue weighted by Crippen LogP contribution is 2.32. The fourth-order valence-corrected chi connectivity index (χ4v) is 2.04. The molecule has 0 heterocycles. The summed E-state index contributed by atoms with van der Waals surface area (Å²) in [5, 5.41) is 0. The van der Waals surface area contributed by atoms with Gasteiger partial charge in [-0.25, -0.2) is 8.78 Å². The summed E-state index contributed by atoms with van der Waals surface area (Å²) in [6, 6.07) is 8.35. The summed E-state index contributed by atoms with van der Waals surface area (Å²) < 4.78 is 32.3. The third kappa shape index (κ3) is 3.30. The predicted molar refractivity (Wildman–Crippen MR) is 73.2 cm³/mol. The van der Waals surface area contributed by atoms with Crippen LogP contribution < -0.4 is 10.5 Å². The molecule has 1 atom stereocenters. The van der Waals surface area contributed by atoms with Crippen LogP contribution >= 0.6 is 15.9 Å². The lowest BCUT2D eigenvalue weighted by atomic mass is 10.1. The van der Waals surface area contributed by atoms with Crippen LogP contribution in [0.15, 0.2) is 40.9 Å². The van der Waals surface area contributed by atoms with Crippen molar-refractivity contribution in [3.05, 3.63) is 58.1 Å². The molecular formula is C14H12BrF2NO. The summed E-state index contributed by atoms with van der Waals surface area (Å²) in [6.07, 6.45) is 0. The summed E-state index contributed by atoms with van der Waals surface area (Å²) in [6.45, 7) is 1.86. The summed E-state index contributed by atoms with van der Waals surface area (Å²) in [7, 11) is 0. The maximum absolute atomic E-state index is 13.5. The van der Waals surface area contributed by atoms with Gasteiger partial charge in [0.2, 0.25) is 0 Å². The number of benzene rings is 2. The summed E-state index contributed by atoms with van der Waals surface area (Å²) in [5.41, 5.74) is 6.69. The van der Waals surface area contributed by atoms with Crippen LogP contribution in [0.25, 0.3) is 0 Å². The Bertz CT molecular complexity index is 602. The van der Waals surface area contributed by atoms with Crippen LogP contribution in [0.4, 0.5) is 8.78 Å². The number of rotatable bonds is 3. The molecule has 2 N–H and O–H groups in total. The molecule has 0 bridgehead atoms. The molecule has 2 aromatic rings. The first-order chi connectivity index (χ1) is 8.97. The van der Waals surface area contributed by atoms with Crippen LogP contribution in [-0.4, -0.2) is 0 Å². The van der Waals surface area contributed by atoms with E-state index >= 15 is 0 Å². The Morgan fingerprint density at radius 3 is 2.37 bits per heavy atom. The quantitative estimate of drug-likeness (QED) is 0.898. The fourth-order valence-electron chi connectivity index (χ4n) is 1.56. The van der Waals surface area contributed by atoms with E-state index in [2.05, 4.69) is 15.9 Å². The molecule has 100 valence electrons. The SMILES string of the molecule is C[C@@H](N)c1ccc(Oc2ccc(F)cc2F)c(Br)c1. The van der Waals surface area contributed by atoms with Crippen LogP contribution in [0.3, 0.4) is 0 Å². The lowest BCUT2D eigenvalue weighted by Gasteiger charge is -2.11. The van der Waals surface area contributed by atoms with Crippen molar-refractivity contribution in [2.45, 2.75) is 13.0 Å². The molecule has 0 saturated carbocycles. The van der Waals surface area contributed by atoms with Crippen molar-refractivity contribution in [1.29, 1.82) is 0 Å². The number of nitrogens with two attached hydrogens (primary N) is 1. The average molecular weight is 328 g/mol. The zero-order valence-electron chi connectivity index (χ0n) is 10.2. The predicted octanol–water partition coefficient (Wildman–Crippen LogP) is 4.54. The topological polar surface area (TPSA) is 35.2 Å². The molecule has 2 nitrogen and oxygen atoms in total. The molecule has 0 aliphatic rings. The van der Waals surface area contributed by atoms with Crippen LogP contribution in [-0.2, 0) is 0 Å². The Morgan fingerprint density at radius 2 is 1.79 bits per heavy atom. The number of ether oxygens (including phenoxy) is 1. The molecule has 0 aliphatic heterocycles. The van der Waals surface area contributed by atoms with Gasteiger partial charge in [0.1, 0.15) is 11.6 Å². The van der Waals surface area contributed by atoms with Gasteiger partial charge >= 0.3 is 0 Å². The van der Waals surface area contributed by atoms with Crippen molar-refractivity contribution in [3.8, 4) is 11.5 Å². The third-order valence-electron chi connectivity index (χ3n) is 2.60. The lowest BCUT2D eigenvalue weighted by molar-refractivity contribution is 0.435. The number of hydrogen-bond donors (Lipinski definition) is 1. The van der Waals surface area contributed by atoms with Crippen LogP contribution in [0, 0.1) is 11.6 Å². The van der Waals surface area contributed by atoms with E-state index in [1.807, 2.05) is 6.92 Å². The Balaban J connectivity index is 2.28. The minimum absolute atomic E-state index is 0.0318. The molecule has 2 aromatic carbocycles. The van der Waals surface area contributed by atoms with E-state index in [1.165, 1.54) is 6.07 Å². The van der Waals surface area contributed by atoms with Gasteiger partial charge in [-0.3, -0.25) is 0 Å². The van der Waals surface area contributed by atoms with Crippen molar-refractivity contribution in [3.63, 3.8) is 0 Å². The van der Waals surface area contributed by atoms with Gasteiger partial charge in [0.05, 0.1) is 4.47 Å². The van der Waals surface area contributed by atoms with Crippen molar-refractivity contribution < 1.29 is 13.5 Å². The lowest BCUT2D eigenvalue weighted by Crippen LogP contribution is -2.04. The normalized spacial score (nSPS) is 12.3. The highest BCUT2D eigenvalue weighted by Gasteiger charge is 2.10. The fraction of sp³-hybridized carbons (Fsp3) is 0.143. The molecule has 2 rings (SSSR count). The van der Waals surface area contributed by atoms with E-state index in [9.17, 15) is 8.78 Å². The minimum Gasteiger partial charge on any atom is -0.453 e. The van der Waals surface area contributed by atoms with Gasteiger partial charge in [0, 0.05) is 12.1 Å². The highest BCUT2D eigenvalue weighted by molar-refractivity contribution is 9.10. The molecule has 0 aliphatic carbocycles. The first-order valence-corrected chi connectivity index (χ1v) is 6.44. The molecule has 0 amide bonds. The monoisotopic (exact) mass is 327 g/mol. The molecule has 0 spiro atoms. The van der Waals surface area contributed by atoms with E-state index in [0.29, 0.717) is 10.2 Å². The minimum atomic E-state index is -0.747. The summed E-state index contributed by atoms with van der Waals surface area (Å²) >= 11 is 3.33. The standard InChI is InChI=1S/C14H12BrF2NO/c1-8(18)9-2-4-13(11(15)6-9)19-14-5-3-10(16)7-12(14)17/h2-8H,18H2,1H3/t8-/m1/s1. The molecular weight excluding hydrogens is 316 g/mol. The van der Waals surface area contributed by atoms with Crippen molar-refractivity contribution in [2.24, 2.45) is 5.73 Å². The third-order valence-corrected chi connectivity index (χ3v) is 3.22. The van der Waals surface area contributed by atoms with E-state index in [0.717, 1.165) is 17.7 Å². The smallest absolute Gasteiger partial charge is 0.168 e. The van der Waals surface area contributed by atoms with E-state index < -0.39 is 11.6 Å². The van der Waals surface area contributed by atoms with Crippen molar-refractivity contribution >= 4 is 15.9 Å². The number of halogens is 3. The molecule has 0 aromatic heterocycles. The highest BCUT2D eigenvalue weighted by atomic mass is 79.9. The van der Waals surface area contributed by atoms with Crippen molar-refractivity contribution in [1.82, 2.24) is 0 Å². The first kappa shape index (κ1) is 14.0. The van der Waals surface area contributed by atoms with Gasteiger partial charge in [-0.1, -0.05) is 6.07 Å². The van der Waals surface area contributed by atoms with E-state index in [-0.39, 0.29) is 11.8 Å². The zero-order valence-corrected chi connectivity index (χ0v) is 11.7. The average Bonchev–Trinajstić information content (AvgIpc) is 2.34. The van der Waals surface area contributed by atoms with Crippen LogP contribution in [0.2, 0.25) is 0 Å². The maximum Gasteiger partial charge on any atom is 0.168 e. The van der Waals surface area contributed by atoms with E-state index in [1.54, 1.807) is 18.2 Å². The van der Waals surface area contributed by atoms with Crippen LogP contribution in [0.1, 0.15) is 18.5 Å². The zero-order chi connectivity index (χ0) is 14.0. The summed E-state index contributed by atoms with van der Waals surface area (Å²) in [5.74, 6) is -0.982. The molecule has 5 heteroatoms. The first-order valence-electron chi connectivity index (χ1n) is 5.65. The van der Waals surface area contributed by atoms with Gasteiger partial charge in [-0.15, -0.1) is 0 Å². The van der Waals surface area contributed by atoms with Gasteiger partial charge in [-0.05, 0) is 52.7 Å². The van der Waals surface area contributed by atoms with Gasteiger partial charge in [0.25, 0.3) is 0 Å². The largest absolute Gasteiger partial charge is 0.453 e. The van der Waals surface area contributed by atoms with Crippen LogP contribution in [0.5, 0.6) is 11.5 Å². The Morgan fingerprint density at radius 1 is 1.11 bits per heavy atom. The van der Waals surface area contributed by atoms with E-state index in [4.69, 9.17) is 10.5 Å². The van der Waals surface area contributed by atoms with Gasteiger partial charge in [0.15, 0.2) is 11.6 Å². The second kappa shape index (κ2) is 5.67. The van der Waals surface area contributed by atoms with Gasteiger partial charge < -0.3 is 10.5 Å². The number of hydrogen-bond acceptors (Lipinski definition) is 2. The molecule has 0 unspecified atom stereocenters. The second-order valence-electron chi connectivity index (χ2n) is 4.16. The molecule has 0 radical (unpaired) electrons. The molecule has 0 fully saturated rings. The second-order valence-corrected chi connectivity index (χ2v) is 5.01. The van der Waals surface area contributed by atoms with Crippen molar-refractivity contribution in [2.75, 3.05) is 0 Å². The molecule has 0 saturated heterocycles. The Kier molecular flexibility index (Phi) is 4.17. The van der Waals surface area contributed by atoms with Gasteiger partial charge in [-0.2, -0.15) is 0 Å². The maximum atomic E-state index is 13.5. The molecule has 19 heavy (non-hydrogen) atoms. The Labute approximate surface area is 118 Å². The summed E-state index contributed by atoms with van der Waals surface area (Å²) in [4.78, 5) is 0. The Hall–Kier alpha value is -1.46.